The number of nitrogens with one attached hydrogen (secondary N) is 2. The van der Waals surface area contributed by atoms with Gasteiger partial charge in [-0.2, -0.15) is 0 Å². The maximum atomic E-state index is 14.0. The summed E-state index contributed by atoms with van der Waals surface area (Å²) in [6, 6.07) is 31.5. The molecule has 348 valence electrons. The Labute approximate surface area is 392 Å². The number of ether oxygens (including phenoxy) is 1. The summed E-state index contributed by atoms with van der Waals surface area (Å²) < 4.78 is 6.04. The first kappa shape index (κ1) is 49.1. The Morgan fingerprint density at radius 3 is 2.17 bits per heavy atom. The predicted molar refractivity (Wildman–Crippen MR) is 260 cm³/mol. The van der Waals surface area contributed by atoms with E-state index in [4.69, 9.17) is 4.74 Å². The molecule has 66 heavy (non-hydrogen) atoms. The third kappa shape index (κ3) is 12.9. The number of allylic oxidation sites excluding steroid dienone is 1. The van der Waals surface area contributed by atoms with Gasteiger partial charge in [0.1, 0.15) is 30.2 Å². The smallest absolute Gasteiger partial charge is 0.246 e. The Morgan fingerprint density at radius 1 is 0.894 bits per heavy atom. The molecule has 0 unspecified atom stereocenters. The van der Waals surface area contributed by atoms with E-state index in [2.05, 4.69) is 34.7 Å². The van der Waals surface area contributed by atoms with E-state index < -0.39 is 29.5 Å². The normalized spacial score (nSPS) is 15.7. The second-order valence-corrected chi connectivity index (χ2v) is 18.8. The molecule has 1 fully saturated rings. The Kier molecular flexibility index (Phi) is 16.9. The van der Waals surface area contributed by atoms with Gasteiger partial charge in [-0.15, -0.1) is 11.3 Å². The van der Waals surface area contributed by atoms with Crippen molar-refractivity contribution in [2.75, 3.05) is 26.7 Å². The number of hydrogen-bond acceptors (Lipinski definition) is 9. The fourth-order valence-corrected chi connectivity index (χ4v) is 9.03. The zero-order valence-electron chi connectivity index (χ0n) is 38.9. The van der Waals surface area contributed by atoms with Crippen molar-refractivity contribution in [3.8, 4) is 21.9 Å². The van der Waals surface area contributed by atoms with Gasteiger partial charge in [-0.05, 0) is 94.8 Å². The van der Waals surface area contributed by atoms with Gasteiger partial charge in [0.25, 0.3) is 0 Å². The number of aliphatic hydroxyl groups excluding tert-OH is 1. The number of rotatable bonds is 19. The Morgan fingerprint density at radius 2 is 1.55 bits per heavy atom. The minimum absolute atomic E-state index is 0.00919. The summed E-state index contributed by atoms with van der Waals surface area (Å²) in [6.45, 7) is 10.6. The molecule has 4 aromatic carbocycles. The topological polar surface area (TPSA) is 161 Å². The molecule has 12 nitrogen and oxygen atoms in total. The molecule has 1 aliphatic rings. The molecule has 1 saturated heterocycles. The number of phenolic OH excluding ortho intramolecular Hbond substituents is 1. The van der Waals surface area contributed by atoms with Crippen LogP contribution in [0.2, 0.25) is 0 Å². The van der Waals surface area contributed by atoms with E-state index >= 15 is 0 Å². The summed E-state index contributed by atoms with van der Waals surface area (Å²) in [5.41, 5.74) is 9.46. The number of nitrogens with zero attached hydrogens (tertiary/aromatic N) is 3. The van der Waals surface area contributed by atoms with Crippen LogP contribution in [0.15, 0.2) is 109 Å². The number of benzene rings is 4. The summed E-state index contributed by atoms with van der Waals surface area (Å²) in [5.74, 6) is -0.277. The molecule has 0 radical (unpaired) electrons. The van der Waals surface area contributed by atoms with Gasteiger partial charge in [0.05, 0.1) is 28.7 Å². The number of carbonyl (C=O) groups is 4. The van der Waals surface area contributed by atoms with Crippen molar-refractivity contribution in [3.63, 3.8) is 0 Å². The Bertz CT molecular complexity index is 2440. The van der Waals surface area contributed by atoms with E-state index in [1.165, 1.54) is 10.5 Å². The van der Waals surface area contributed by atoms with Crippen LogP contribution in [-0.4, -0.2) is 93.6 Å². The lowest BCUT2D eigenvalue weighted by atomic mass is 9.85. The molecule has 1 aliphatic heterocycles. The standard InChI is InChI=1S/C53H63N5O7S/c1-7-44(37-13-9-8-10-14-37)48(38-21-25-41(59)26-22-38)39-23-27-43(28-24-39)65-30-29-57(6)47(62)16-12-11-15-46(61)56-50(53(3,4)5)52(64)58-33-42(60)31-45(58)51(63)54-32-36-17-19-40(20-18-36)49-35(2)55-34-66-49/h8-10,13-14,17-28,34,42,45,50,59-60H,7,11-12,15-16,29-33H2,1-6H3,(H,54,63)(H,56,61)/b48-44+/t42-,45+,50-/m1/s1. The van der Waals surface area contributed by atoms with Crippen LogP contribution in [0.25, 0.3) is 21.6 Å². The summed E-state index contributed by atoms with van der Waals surface area (Å²) in [6.07, 6.45) is 1.36. The number of likely N-dealkylation sites (N-methyl/N-ethyl adjacent to an activating group) is 1. The zero-order chi connectivity index (χ0) is 47.4. The van der Waals surface area contributed by atoms with Crippen LogP contribution in [0.4, 0.5) is 0 Å². The number of aliphatic hydroxyl groups is 1. The van der Waals surface area contributed by atoms with Crippen molar-refractivity contribution in [3.05, 3.63) is 137 Å². The molecule has 13 heteroatoms. The molecule has 0 aliphatic carbocycles. The molecule has 6 rings (SSSR count). The van der Waals surface area contributed by atoms with Crippen LogP contribution in [0.1, 0.15) is 94.2 Å². The van der Waals surface area contributed by atoms with Gasteiger partial charge >= 0.3 is 0 Å². The van der Waals surface area contributed by atoms with Gasteiger partial charge in [-0.3, -0.25) is 19.2 Å². The summed E-state index contributed by atoms with van der Waals surface area (Å²) in [4.78, 5) is 62.2. The van der Waals surface area contributed by atoms with E-state index in [1.54, 1.807) is 35.4 Å². The number of hydrogen-bond donors (Lipinski definition) is 4. The van der Waals surface area contributed by atoms with Crippen LogP contribution in [0.3, 0.4) is 0 Å². The molecule has 1 aromatic heterocycles. The quantitative estimate of drug-likeness (QED) is 0.0475. The second-order valence-electron chi connectivity index (χ2n) is 18.0. The van der Waals surface area contributed by atoms with Crippen molar-refractivity contribution < 1.29 is 34.1 Å². The van der Waals surface area contributed by atoms with Gasteiger partial charge in [0.2, 0.25) is 23.6 Å². The zero-order valence-corrected chi connectivity index (χ0v) is 39.7. The summed E-state index contributed by atoms with van der Waals surface area (Å²) in [5, 5.41) is 26.4. The van der Waals surface area contributed by atoms with Crippen LogP contribution >= 0.6 is 11.3 Å². The summed E-state index contributed by atoms with van der Waals surface area (Å²) in [7, 11) is 1.73. The van der Waals surface area contributed by atoms with Crippen molar-refractivity contribution in [1.29, 1.82) is 0 Å². The number of phenols is 1. The van der Waals surface area contributed by atoms with Gasteiger partial charge in [-0.25, -0.2) is 4.98 Å². The molecule has 0 bridgehead atoms. The minimum atomic E-state index is -0.932. The van der Waals surface area contributed by atoms with E-state index in [0.717, 1.165) is 50.4 Å². The first-order chi connectivity index (χ1) is 31.6. The molecule has 4 amide bonds. The highest BCUT2D eigenvalue weighted by molar-refractivity contribution is 7.13. The fourth-order valence-electron chi connectivity index (χ4n) is 8.22. The highest BCUT2D eigenvalue weighted by atomic mass is 32.1. The van der Waals surface area contributed by atoms with Gasteiger partial charge in [0.15, 0.2) is 0 Å². The lowest BCUT2D eigenvalue weighted by molar-refractivity contribution is -0.144. The Hall–Kier alpha value is -6.31. The number of aromatic hydroxyl groups is 1. The molecule has 2 heterocycles. The highest BCUT2D eigenvalue weighted by Gasteiger charge is 2.44. The van der Waals surface area contributed by atoms with Crippen LogP contribution in [0.5, 0.6) is 11.5 Å². The van der Waals surface area contributed by atoms with E-state index in [9.17, 15) is 29.4 Å². The molecule has 4 N–H and O–H groups in total. The first-order valence-electron chi connectivity index (χ1n) is 22.7. The predicted octanol–water partition coefficient (Wildman–Crippen LogP) is 8.40. The maximum absolute atomic E-state index is 14.0. The first-order valence-corrected chi connectivity index (χ1v) is 23.6. The molecule has 0 spiro atoms. The lowest BCUT2D eigenvalue weighted by Crippen LogP contribution is -2.57. The summed E-state index contributed by atoms with van der Waals surface area (Å²) >= 11 is 1.57. The number of aromatic nitrogens is 1. The average Bonchev–Trinajstić information content (AvgIpc) is 3.93. The van der Waals surface area contributed by atoms with Gasteiger partial charge in [-0.1, -0.05) is 107 Å². The SMILES string of the molecule is CC/C(=C(/c1ccc(O)cc1)c1ccc(OCCN(C)C(=O)CCCCC(=O)N[C@H](C(=O)N2C[C@H](O)C[C@H]2C(=O)NCc2ccc(-c3scnc3C)cc2)C(C)(C)C)cc1)c1ccccc1. The Balaban J connectivity index is 0.945. The number of aryl methyl sites for hydroxylation is 1. The average molecular weight is 914 g/mol. The van der Waals surface area contributed by atoms with Gasteiger partial charge < -0.3 is 35.4 Å². The van der Waals surface area contributed by atoms with Crippen molar-refractivity contribution in [2.45, 2.75) is 97.9 Å². The highest BCUT2D eigenvalue weighted by Crippen LogP contribution is 2.36. The fraction of sp³-hybridized carbons (Fsp3) is 0.377. The van der Waals surface area contributed by atoms with Crippen molar-refractivity contribution >= 4 is 46.1 Å². The molecular formula is C53H63N5O7S. The van der Waals surface area contributed by atoms with Gasteiger partial charge in [0, 0.05) is 39.4 Å². The van der Waals surface area contributed by atoms with E-state index in [-0.39, 0.29) is 55.8 Å². The number of amides is 4. The van der Waals surface area contributed by atoms with Crippen molar-refractivity contribution in [1.82, 2.24) is 25.4 Å². The molecular weight excluding hydrogens is 851 g/mol. The van der Waals surface area contributed by atoms with Crippen molar-refractivity contribution in [2.24, 2.45) is 5.41 Å². The number of carbonyl (C=O) groups excluding carboxylic acids is 4. The van der Waals surface area contributed by atoms with E-state index in [0.29, 0.717) is 31.7 Å². The molecule has 5 aromatic rings. The molecule has 3 atom stereocenters. The molecule has 0 saturated carbocycles. The third-order valence-electron chi connectivity index (χ3n) is 12.0. The van der Waals surface area contributed by atoms with Crippen LogP contribution < -0.4 is 15.4 Å². The number of likely N-dealkylation sites (tertiary alicyclic amines) is 1. The maximum Gasteiger partial charge on any atom is 0.246 e. The van der Waals surface area contributed by atoms with E-state index in [1.807, 2.05) is 112 Å². The third-order valence-corrected chi connectivity index (χ3v) is 12.9. The monoisotopic (exact) mass is 913 g/mol. The minimum Gasteiger partial charge on any atom is -0.508 e. The lowest BCUT2D eigenvalue weighted by Gasteiger charge is -2.35. The van der Waals surface area contributed by atoms with Crippen LogP contribution in [0, 0.1) is 12.3 Å². The number of unbranched alkanes of at least 4 members (excludes halogenated alkanes) is 1. The largest absolute Gasteiger partial charge is 0.508 e. The van der Waals surface area contributed by atoms with Crippen LogP contribution in [-0.2, 0) is 25.7 Å². The number of β-amino-alcohol motifs (C(OH)–C–C–N with tert-alkyl or cyclic N) is 1. The second kappa shape index (κ2) is 22.7. The number of thiazole rings is 1.